The number of nitrogens with two attached hydrogens (primary N) is 1. The molecule has 2 N–H and O–H groups in total. The predicted octanol–water partition coefficient (Wildman–Crippen LogP) is 3.21. The van der Waals surface area contributed by atoms with Crippen molar-refractivity contribution in [1.29, 1.82) is 5.26 Å². The van der Waals surface area contributed by atoms with Crippen LogP contribution in [0.4, 0.5) is 5.69 Å². The second-order valence-corrected chi connectivity index (χ2v) is 7.90. The summed E-state index contributed by atoms with van der Waals surface area (Å²) in [6.45, 7) is 0. The number of aromatic nitrogens is 1. The largest absolute Gasteiger partial charge is 0.466 e. The first-order valence-electron chi connectivity index (χ1n) is 11.1. The van der Waals surface area contributed by atoms with Gasteiger partial charge in [0, 0.05) is 11.8 Å². The zero-order valence-electron chi connectivity index (χ0n) is 20.0. The highest BCUT2D eigenvalue weighted by atomic mass is 16.5. The molecule has 37 heavy (non-hydrogen) atoms. The van der Waals surface area contributed by atoms with Gasteiger partial charge in [-0.05, 0) is 29.8 Å². The molecule has 1 unspecified atom stereocenters. The molecule has 0 saturated carbocycles. The Balaban J connectivity index is 2.06. The summed E-state index contributed by atoms with van der Waals surface area (Å²) in [7, 11) is 2.33. The van der Waals surface area contributed by atoms with Gasteiger partial charge in [0.2, 0.25) is 5.78 Å². The SMILES string of the molecule is COC(=O)C1=C(C(=O)OC)N(c2ccccc2C(=O)c2ccccn2)C(N)=C(C#N)C1c1ccccc1. The summed E-state index contributed by atoms with van der Waals surface area (Å²) in [5.74, 6) is -3.35. The summed E-state index contributed by atoms with van der Waals surface area (Å²) < 4.78 is 10.1. The van der Waals surface area contributed by atoms with Crippen LogP contribution in [0, 0.1) is 11.3 Å². The zero-order valence-corrected chi connectivity index (χ0v) is 20.0. The summed E-state index contributed by atoms with van der Waals surface area (Å²) in [5.41, 5.74) is 7.15. The maximum absolute atomic E-state index is 13.4. The van der Waals surface area contributed by atoms with Crippen LogP contribution in [0.15, 0.2) is 102 Å². The normalized spacial score (nSPS) is 15.2. The predicted molar refractivity (Wildman–Crippen MR) is 134 cm³/mol. The number of allylic oxidation sites excluding steroid dienone is 1. The second-order valence-electron chi connectivity index (χ2n) is 7.90. The van der Waals surface area contributed by atoms with Crippen molar-refractivity contribution in [3.05, 3.63) is 118 Å². The molecule has 1 aliphatic heterocycles. The molecule has 2 heterocycles. The van der Waals surface area contributed by atoms with Crippen LogP contribution in [-0.2, 0) is 19.1 Å². The van der Waals surface area contributed by atoms with Crippen LogP contribution in [-0.4, -0.2) is 36.9 Å². The fourth-order valence-corrected chi connectivity index (χ4v) is 4.26. The van der Waals surface area contributed by atoms with Gasteiger partial charge in [0.1, 0.15) is 17.2 Å². The van der Waals surface area contributed by atoms with Crippen LogP contribution in [0.3, 0.4) is 0 Å². The first-order valence-corrected chi connectivity index (χ1v) is 11.1. The van der Waals surface area contributed by atoms with Crippen LogP contribution in [0.5, 0.6) is 0 Å². The molecular formula is C28H22N4O5. The lowest BCUT2D eigenvalue weighted by Gasteiger charge is -2.36. The number of para-hydroxylation sites is 1. The molecule has 0 aliphatic carbocycles. The number of anilines is 1. The Hall–Kier alpha value is -5.23. The number of esters is 2. The van der Waals surface area contributed by atoms with Crippen LogP contribution in [0.2, 0.25) is 0 Å². The number of hydrogen-bond acceptors (Lipinski definition) is 9. The van der Waals surface area contributed by atoms with Crippen LogP contribution >= 0.6 is 0 Å². The molecule has 3 aromatic rings. The van der Waals surface area contributed by atoms with Gasteiger partial charge in [-0.15, -0.1) is 0 Å². The second kappa shape index (κ2) is 10.6. The highest BCUT2D eigenvalue weighted by Gasteiger charge is 2.43. The molecule has 0 amide bonds. The minimum atomic E-state index is -1.01. The van der Waals surface area contributed by atoms with Gasteiger partial charge in [-0.1, -0.05) is 48.5 Å². The van der Waals surface area contributed by atoms with Gasteiger partial charge >= 0.3 is 11.9 Å². The maximum atomic E-state index is 13.4. The average molecular weight is 495 g/mol. The maximum Gasteiger partial charge on any atom is 0.355 e. The van der Waals surface area contributed by atoms with Gasteiger partial charge in [0.25, 0.3) is 0 Å². The number of pyridine rings is 1. The van der Waals surface area contributed by atoms with E-state index in [2.05, 4.69) is 11.1 Å². The van der Waals surface area contributed by atoms with E-state index < -0.39 is 23.6 Å². The molecule has 0 saturated heterocycles. The van der Waals surface area contributed by atoms with E-state index in [1.54, 1.807) is 72.8 Å². The van der Waals surface area contributed by atoms with Crippen molar-refractivity contribution in [3.63, 3.8) is 0 Å². The van der Waals surface area contributed by atoms with E-state index in [4.69, 9.17) is 15.2 Å². The smallest absolute Gasteiger partial charge is 0.355 e. The molecule has 1 atom stereocenters. The monoisotopic (exact) mass is 494 g/mol. The van der Waals surface area contributed by atoms with E-state index >= 15 is 0 Å². The van der Waals surface area contributed by atoms with Crippen molar-refractivity contribution in [3.8, 4) is 6.07 Å². The number of rotatable bonds is 6. The van der Waals surface area contributed by atoms with Crippen molar-refractivity contribution in [2.24, 2.45) is 5.73 Å². The average Bonchev–Trinajstić information content (AvgIpc) is 2.96. The van der Waals surface area contributed by atoms with Crippen LogP contribution < -0.4 is 10.6 Å². The number of carbonyl (C=O) groups excluding carboxylic acids is 3. The van der Waals surface area contributed by atoms with Gasteiger partial charge in [0.15, 0.2) is 0 Å². The summed E-state index contributed by atoms with van der Waals surface area (Å²) in [4.78, 5) is 45.2. The highest BCUT2D eigenvalue weighted by molar-refractivity contribution is 6.13. The Morgan fingerprint density at radius 3 is 2.19 bits per heavy atom. The Bertz CT molecular complexity index is 1470. The first-order chi connectivity index (χ1) is 17.9. The number of nitriles is 1. The Morgan fingerprint density at radius 1 is 0.919 bits per heavy atom. The fraction of sp³-hybridized carbons (Fsp3) is 0.107. The summed E-state index contributed by atoms with van der Waals surface area (Å²) >= 11 is 0. The number of hydrogen-bond donors (Lipinski definition) is 1. The van der Waals surface area contributed by atoms with Crippen LogP contribution in [0.1, 0.15) is 27.5 Å². The Morgan fingerprint density at radius 2 is 1.57 bits per heavy atom. The lowest BCUT2D eigenvalue weighted by Crippen LogP contribution is -2.41. The number of ketones is 1. The standard InChI is InChI=1S/C28H22N4O5/c1-36-27(34)23-22(17-10-4-3-5-11-17)19(16-29)26(30)32(24(23)28(35)37-2)21-14-7-6-12-18(21)25(33)20-13-8-9-15-31-20/h3-15,22H,30H2,1-2H3. The third-order valence-electron chi connectivity index (χ3n) is 5.90. The number of methoxy groups -OCH3 is 2. The van der Waals surface area contributed by atoms with E-state index in [1.165, 1.54) is 18.2 Å². The summed E-state index contributed by atoms with van der Waals surface area (Å²) in [5, 5.41) is 10.2. The van der Waals surface area contributed by atoms with Gasteiger partial charge in [-0.25, -0.2) is 9.59 Å². The third-order valence-corrected chi connectivity index (χ3v) is 5.90. The molecule has 4 rings (SSSR count). The topological polar surface area (TPSA) is 136 Å². The minimum absolute atomic E-state index is 0.000610. The van der Waals surface area contributed by atoms with Gasteiger partial charge in [0.05, 0.1) is 43.0 Å². The van der Waals surface area contributed by atoms with Crippen LogP contribution in [0.25, 0.3) is 0 Å². The number of carbonyl (C=O) groups is 3. The van der Waals surface area contributed by atoms with Crippen molar-refractivity contribution < 1.29 is 23.9 Å². The first kappa shape index (κ1) is 24.9. The lowest BCUT2D eigenvalue weighted by atomic mass is 9.80. The van der Waals surface area contributed by atoms with E-state index in [9.17, 15) is 19.6 Å². The van der Waals surface area contributed by atoms with Gasteiger partial charge < -0.3 is 15.2 Å². The molecule has 184 valence electrons. The van der Waals surface area contributed by atoms with Gasteiger partial charge in [-0.2, -0.15) is 5.26 Å². The molecule has 0 bridgehead atoms. The molecule has 9 heteroatoms. The molecular weight excluding hydrogens is 472 g/mol. The quantitative estimate of drug-likeness (QED) is 0.405. The zero-order chi connectivity index (χ0) is 26.5. The Labute approximate surface area is 213 Å². The van der Waals surface area contributed by atoms with E-state index in [0.717, 1.165) is 7.11 Å². The fourth-order valence-electron chi connectivity index (χ4n) is 4.26. The van der Waals surface area contributed by atoms with Crippen molar-refractivity contribution >= 4 is 23.4 Å². The Kier molecular flexibility index (Phi) is 7.11. The third kappa shape index (κ3) is 4.44. The highest BCUT2D eigenvalue weighted by Crippen LogP contribution is 2.44. The van der Waals surface area contributed by atoms with Crippen molar-refractivity contribution in [2.45, 2.75) is 5.92 Å². The van der Waals surface area contributed by atoms with E-state index in [-0.39, 0.29) is 39.6 Å². The summed E-state index contributed by atoms with van der Waals surface area (Å²) in [6, 6.07) is 22.0. The number of ether oxygens (including phenoxy) is 2. The van der Waals surface area contributed by atoms with E-state index in [1.807, 2.05) is 0 Å². The summed E-state index contributed by atoms with van der Waals surface area (Å²) in [6.07, 6.45) is 1.48. The van der Waals surface area contributed by atoms with Gasteiger partial charge in [-0.3, -0.25) is 14.7 Å². The molecule has 0 spiro atoms. The molecule has 1 aromatic heterocycles. The molecule has 0 radical (unpaired) electrons. The molecule has 1 aliphatic rings. The lowest BCUT2D eigenvalue weighted by molar-refractivity contribution is -0.139. The molecule has 0 fully saturated rings. The van der Waals surface area contributed by atoms with E-state index in [0.29, 0.717) is 5.56 Å². The van der Waals surface area contributed by atoms with Crippen molar-refractivity contribution in [2.75, 3.05) is 19.1 Å². The van der Waals surface area contributed by atoms with Crippen molar-refractivity contribution in [1.82, 2.24) is 4.98 Å². The number of nitrogens with zero attached hydrogens (tertiary/aromatic N) is 3. The number of benzene rings is 2. The molecule has 2 aromatic carbocycles. The minimum Gasteiger partial charge on any atom is -0.466 e. The molecule has 9 nitrogen and oxygen atoms in total.